The van der Waals surface area contributed by atoms with Crippen LogP contribution >= 0.6 is 7.14 Å². The Balaban J connectivity index is 0.000000343. The van der Waals surface area contributed by atoms with Gasteiger partial charge in [-0.1, -0.05) is 67.1 Å². The summed E-state index contributed by atoms with van der Waals surface area (Å²) in [4.78, 5) is 0. The summed E-state index contributed by atoms with van der Waals surface area (Å²) in [6.45, 7) is 0. The normalized spacial score (nSPS) is 31.1. The van der Waals surface area contributed by atoms with E-state index in [1.165, 1.54) is 56.5 Å². The van der Waals surface area contributed by atoms with E-state index in [-0.39, 0.29) is 22.2 Å². The van der Waals surface area contributed by atoms with Gasteiger partial charge in [0.15, 0.2) is 7.14 Å². The summed E-state index contributed by atoms with van der Waals surface area (Å²) in [5.41, 5.74) is 2.00. The maximum absolute atomic E-state index is 15.4. The van der Waals surface area contributed by atoms with Gasteiger partial charge in [0.2, 0.25) is 0 Å². The topological polar surface area (TPSA) is 17.1 Å². The smallest absolute Gasteiger partial charge is 0.151 e. The maximum Gasteiger partial charge on any atom is 0.151 e. The first-order valence-corrected chi connectivity index (χ1v) is 14.8. The average Bonchev–Trinajstić information content (AvgIpc) is 3.53. The molecule has 2 aromatic rings. The zero-order chi connectivity index (χ0) is 22.8. The summed E-state index contributed by atoms with van der Waals surface area (Å²) in [6.07, 6.45) is 20.2. The van der Waals surface area contributed by atoms with Crippen molar-refractivity contribution in [2.45, 2.75) is 51.4 Å². The molecule has 6 aliphatic rings. The molecule has 0 heterocycles. The second-order valence-electron chi connectivity index (χ2n) is 10.9. The molecule has 6 aliphatic carbocycles. The van der Waals surface area contributed by atoms with E-state index in [1.807, 2.05) is 38.0 Å². The molecular weight excluding hydrogens is 490 g/mol. The Kier molecular flexibility index (Phi) is 6.43. The molecule has 35 heavy (non-hydrogen) atoms. The molecule has 2 aromatic carbocycles. The van der Waals surface area contributed by atoms with Crippen LogP contribution in [0.5, 0.6) is 0 Å². The van der Waals surface area contributed by atoms with Gasteiger partial charge in [0.25, 0.3) is 0 Å². The molecule has 8 rings (SSSR count). The molecule has 0 N–H and O–H groups in total. The van der Waals surface area contributed by atoms with E-state index in [4.69, 9.17) is 0 Å². The van der Waals surface area contributed by atoms with E-state index in [0.29, 0.717) is 5.41 Å². The van der Waals surface area contributed by atoms with Crippen LogP contribution < -0.4 is 10.6 Å². The summed E-state index contributed by atoms with van der Waals surface area (Å²) in [5.74, 6) is 5.88. The van der Waals surface area contributed by atoms with Crippen LogP contribution in [0.4, 0.5) is 0 Å². The van der Waals surface area contributed by atoms with Crippen molar-refractivity contribution in [1.82, 2.24) is 0 Å². The van der Waals surface area contributed by atoms with Crippen molar-refractivity contribution in [3.05, 3.63) is 116 Å². The van der Waals surface area contributed by atoms with Crippen LogP contribution in [0, 0.1) is 72.3 Å². The average molecular weight is 523 g/mol. The molecule has 0 aromatic heterocycles. The minimum absolute atomic E-state index is 0. The zero-order valence-corrected chi connectivity index (χ0v) is 22.0. The second kappa shape index (κ2) is 9.18. The Bertz CT molecular complexity index is 1020. The van der Waals surface area contributed by atoms with Gasteiger partial charge in [-0.15, -0.1) is 0 Å². The molecule has 2 atom stereocenters. The molecule has 3 heteroatoms. The third-order valence-corrected chi connectivity index (χ3v) is 12.8. The molecule has 2 unspecified atom stereocenters. The van der Waals surface area contributed by atoms with Crippen molar-refractivity contribution in [1.29, 1.82) is 0 Å². The standard InChI is InChI=1S/C27H27OP.C5H5.Co/c28-29(20-8-3-1-4-9-20,21-10-5-2-6-11-21)25-23-13-7-12-22(23)24-15-14-19-18-27(19,24)26(25)16-17-26;1-2-4-5-3-1;/h1-6,8-11,19H,7,12-18H2;1-5H;. The molecule has 0 bridgehead atoms. The van der Waals surface area contributed by atoms with E-state index >= 15 is 4.57 Å². The summed E-state index contributed by atoms with van der Waals surface area (Å²) < 4.78 is 15.4. The quantitative estimate of drug-likeness (QED) is 0.395. The molecule has 6 fully saturated rings. The number of rotatable bonds is 3. The van der Waals surface area contributed by atoms with Crippen LogP contribution in [0.1, 0.15) is 51.4 Å². The van der Waals surface area contributed by atoms with Crippen molar-refractivity contribution >= 4 is 17.8 Å². The van der Waals surface area contributed by atoms with Gasteiger partial charge in [0.05, 0.1) is 5.66 Å². The molecular formula is C32H32CoOP. The predicted octanol–water partition coefficient (Wildman–Crippen LogP) is 7.05. The van der Waals surface area contributed by atoms with E-state index in [1.54, 1.807) is 5.92 Å². The largest absolute Gasteiger partial charge is 0.313 e. The van der Waals surface area contributed by atoms with Crippen molar-refractivity contribution < 1.29 is 21.3 Å². The van der Waals surface area contributed by atoms with Crippen molar-refractivity contribution in [2.24, 2.45) is 16.7 Å². The van der Waals surface area contributed by atoms with E-state index in [0.717, 1.165) is 22.9 Å². The van der Waals surface area contributed by atoms with Crippen molar-refractivity contribution in [3.63, 3.8) is 0 Å². The van der Waals surface area contributed by atoms with Crippen LogP contribution in [0.2, 0.25) is 0 Å². The van der Waals surface area contributed by atoms with Gasteiger partial charge in [-0.05, 0) is 112 Å². The fraction of sp³-hybridized carbons (Fsp3) is 0.344. The maximum atomic E-state index is 15.4. The summed E-state index contributed by atoms with van der Waals surface area (Å²) >= 11 is 0. The summed E-state index contributed by atoms with van der Waals surface area (Å²) in [6, 6.07) is 20.9. The number of benzene rings is 2. The Morgan fingerprint density at radius 1 is 0.714 bits per heavy atom. The van der Waals surface area contributed by atoms with Crippen LogP contribution in [0.15, 0.2) is 60.7 Å². The van der Waals surface area contributed by atoms with Gasteiger partial charge in [-0.25, -0.2) is 0 Å². The van der Waals surface area contributed by atoms with Crippen molar-refractivity contribution in [3.8, 4) is 0 Å². The summed E-state index contributed by atoms with van der Waals surface area (Å²) in [7, 11) is -2.85. The molecule has 0 saturated heterocycles. The molecule has 10 radical (unpaired) electrons. The van der Waals surface area contributed by atoms with Crippen LogP contribution in [-0.4, -0.2) is 0 Å². The van der Waals surface area contributed by atoms with E-state index < -0.39 is 7.14 Å². The first kappa shape index (κ1) is 24.5. The van der Waals surface area contributed by atoms with E-state index in [2.05, 4.69) is 60.7 Å². The van der Waals surface area contributed by atoms with Gasteiger partial charge < -0.3 is 4.57 Å². The predicted molar refractivity (Wildman–Crippen MR) is 140 cm³/mol. The first-order valence-electron chi connectivity index (χ1n) is 13.1. The van der Waals surface area contributed by atoms with Gasteiger partial charge in [-0.2, -0.15) is 0 Å². The number of hydrogen-bond donors (Lipinski definition) is 0. The third-order valence-electron chi connectivity index (χ3n) is 9.42. The van der Waals surface area contributed by atoms with Crippen LogP contribution in [0.3, 0.4) is 0 Å². The number of hydrogen-bond acceptors (Lipinski definition) is 1. The minimum Gasteiger partial charge on any atom is -0.313 e. The second-order valence-corrected chi connectivity index (χ2v) is 13.6. The minimum atomic E-state index is -2.85. The Labute approximate surface area is 222 Å². The van der Waals surface area contributed by atoms with Gasteiger partial charge in [-0.3, -0.25) is 0 Å². The number of fused-ring (bicyclic) bond motifs is 2. The van der Waals surface area contributed by atoms with E-state index in [9.17, 15) is 0 Å². The zero-order valence-electron chi connectivity index (χ0n) is 20.1. The summed E-state index contributed by atoms with van der Waals surface area (Å²) in [5, 5.41) is 2.09. The first-order chi connectivity index (χ1) is 16.7. The van der Waals surface area contributed by atoms with Gasteiger partial charge in [0, 0.05) is 27.4 Å². The molecule has 0 aliphatic heterocycles. The van der Waals surface area contributed by atoms with Crippen molar-refractivity contribution in [2.75, 3.05) is 0 Å². The molecule has 180 valence electrons. The fourth-order valence-corrected chi connectivity index (χ4v) is 11.7. The Hall–Kier alpha value is -0.824. The SMILES string of the molecule is O=P([C]1[C]2CCC[C]2[C]2CCC3CC23C12CC2)(c1ccccc1)c1ccccc1.[CH]1[CH][CH][CH][CH]1.[Co]. The fourth-order valence-electron chi connectivity index (χ4n) is 8.03. The molecule has 6 saturated carbocycles. The van der Waals surface area contributed by atoms with Crippen LogP contribution in [-0.2, 0) is 21.3 Å². The molecule has 2 spiro atoms. The monoisotopic (exact) mass is 522 g/mol. The molecule has 1 nitrogen and oxygen atoms in total. The Morgan fingerprint density at radius 3 is 1.77 bits per heavy atom. The van der Waals surface area contributed by atoms with Gasteiger partial charge in [0.1, 0.15) is 0 Å². The van der Waals surface area contributed by atoms with Gasteiger partial charge >= 0.3 is 0 Å². The Morgan fingerprint density at radius 2 is 1.26 bits per heavy atom. The third kappa shape index (κ3) is 3.49. The molecule has 0 amide bonds. The van der Waals surface area contributed by atoms with Crippen LogP contribution in [0.25, 0.3) is 0 Å².